The molecule has 25 valence electrons. The van der Waals surface area contributed by atoms with Crippen molar-refractivity contribution < 1.29 is 9.63 Å². The summed E-state index contributed by atoms with van der Waals surface area (Å²) in [5, 5.41) is 6.14. The van der Waals surface area contributed by atoms with Crippen LogP contribution >= 0.6 is 0 Å². The van der Waals surface area contributed by atoms with E-state index in [1.165, 1.54) is 0 Å². The Kier molecular flexibility index (Phi) is 9.29. The summed E-state index contributed by atoms with van der Waals surface area (Å²) in [5.41, 5.74) is 0. The van der Waals surface area contributed by atoms with Gasteiger partial charge in [-0.15, -0.1) is 0 Å². The van der Waals surface area contributed by atoms with Gasteiger partial charge in [-0.2, -0.15) is 0 Å². The van der Waals surface area contributed by atoms with Gasteiger partial charge >= 0.3 is 0 Å². The Balaban J connectivity index is 0. The molecule has 0 aliphatic carbocycles. The number of halogens is 1. The minimum absolute atomic E-state index is 0. The summed E-state index contributed by atoms with van der Waals surface area (Å²) in [7, 11) is 0. The molecule has 1 radical (unpaired) electrons. The first kappa shape index (κ1) is 9.35. The molecule has 5 heteroatoms. The number of rotatable bonds is 0. The van der Waals surface area contributed by atoms with Crippen molar-refractivity contribution in [2.45, 2.75) is 0 Å². The molecule has 0 aromatic heterocycles. The van der Waals surface area contributed by atoms with E-state index in [2.05, 4.69) is 0 Å². The van der Waals surface area contributed by atoms with Crippen molar-refractivity contribution in [3.05, 3.63) is 10.1 Å². The van der Waals surface area contributed by atoms with Gasteiger partial charge in [0.2, 0.25) is 0 Å². The maximum atomic E-state index is 9.72. The van der Waals surface area contributed by atoms with Crippen LogP contribution in [0.4, 0.5) is 4.48 Å². The predicted molar refractivity (Wildman–Crippen MR) is 13.9 cm³/mol. The van der Waals surface area contributed by atoms with Gasteiger partial charge in [0.15, 0.2) is 4.48 Å². The van der Waals surface area contributed by atoms with E-state index in [1.807, 2.05) is 0 Å². The number of nitrogens with zero attached hydrogens (tertiary/aromatic N) is 1. The minimum Gasteiger partial charge on any atom is -0.219 e. The predicted octanol–water partition coefficient (Wildman–Crippen LogP) is -0.233. The van der Waals surface area contributed by atoms with Gasteiger partial charge in [-0.3, -0.25) is 0 Å². The molecule has 0 unspecified atom stereocenters. The number of hydrogen-bond donors (Lipinski definition) is 0. The van der Waals surface area contributed by atoms with Crippen LogP contribution < -0.4 is 0 Å². The van der Waals surface area contributed by atoms with E-state index in [4.69, 9.17) is 10.1 Å². The molecule has 3 nitrogen and oxygen atoms in total. The van der Waals surface area contributed by atoms with E-state index in [-0.39, 0.29) is 51.4 Å². The van der Waals surface area contributed by atoms with Crippen LogP contribution in [0.5, 0.6) is 0 Å². The van der Waals surface area contributed by atoms with Crippen LogP contribution in [0.25, 0.3) is 0 Å². The molecule has 0 atom stereocenters. The molecule has 0 rings (SSSR count). The van der Waals surface area contributed by atoms with E-state index in [0.717, 1.165) is 0 Å². The van der Waals surface area contributed by atoms with E-state index in [9.17, 15) is 4.48 Å². The Labute approximate surface area is 70.1 Å². The zero-order chi connectivity index (χ0) is 3.58. The fraction of sp³-hybridized carbons (Fsp3) is 0. The van der Waals surface area contributed by atoms with Crippen LogP contribution in [0.1, 0.15) is 0 Å². The fourth-order valence-corrected chi connectivity index (χ4v) is 0. The Morgan fingerprint density at radius 2 is 1.80 bits per heavy atom. The molecule has 0 N–H and O–H groups in total. The molecule has 0 spiro atoms. The van der Waals surface area contributed by atoms with Crippen LogP contribution in [-0.4, -0.2) is 56.5 Å². The van der Waals surface area contributed by atoms with Gasteiger partial charge < -0.3 is 0 Å². The Morgan fingerprint density at radius 1 is 1.80 bits per heavy atom. The Hall–Kier alpha value is 0.966. The molecular formula is FKNO2. The third kappa shape index (κ3) is 46.8. The van der Waals surface area contributed by atoms with E-state index < -0.39 is 5.15 Å². The topological polar surface area (TPSA) is 43.1 Å². The maximum Gasteiger partial charge on any atom is 0.279 e. The maximum absolute atomic E-state index is 9.72. The molecule has 0 amide bonds. The molecular weight excluding hydrogens is 104 g/mol. The first-order valence-electron chi connectivity index (χ1n) is 0.534. The van der Waals surface area contributed by atoms with Gasteiger partial charge in [0, 0.05) is 51.4 Å². The zero-order valence-electron chi connectivity index (χ0n) is 2.64. The van der Waals surface area contributed by atoms with Crippen molar-refractivity contribution in [3.8, 4) is 0 Å². The molecule has 0 bridgehead atoms. The third-order valence-corrected chi connectivity index (χ3v) is 0. The van der Waals surface area contributed by atoms with Gasteiger partial charge in [0.1, 0.15) is 0 Å². The number of hydrogen-bond acceptors (Lipinski definition) is 2. The average Bonchev–Trinajstić information content (AvgIpc) is 0.811. The second-order valence-electron chi connectivity index (χ2n) is 0.213. The molecule has 0 aliphatic rings. The summed E-state index contributed by atoms with van der Waals surface area (Å²) in [6.45, 7) is 0. The van der Waals surface area contributed by atoms with Gasteiger partial charge in [0.25, 0.3) is 5.15 Å². The molecule has 0 aromatic rings. The van der Waals surface area contributed by atoms with Crippen molar-refractivity contribution in [1.29, 1.82) is 0 Å². The van der Waals surface area contributed by atoms with Crippen LogP contribution in [0, 0.1) is 10.1 Å². The van der Waals surface area contributed by atoms with Crippen LogP contribution in [0.15, 0.2) is 0 Å². The molecule has 0 saturated carbocycles. The molecule has 0 heterocycles. The summed E-state index contributed by atoms with van der Waals surface area (Å²) in [6, 6.07) is 0. The SMILES string of the molecule is O=[N+]([O-])F.[K]. The summed E-state index contributed by atoms with van der Waals surface area (Å²) in [5.74, 6) is 0. The van der Waals surface area contributed by atoms with Gasteiger partial charge in [-0.05, 0) is 0 Å². The smallest absolute Gasteiger partial charge is 0.219 e. The minimum atomic E-state index is -2.00. The van der Waals surface area contributed by atoms with E-state index in [0.29, 0.717) is 0 Å². The standard InChI is InChI=1S/FNO2.K/c1-2(3)4;. The molecule has 0 aliphatic heterocycles. The normalized spacial score (nSPS) is 5.00. The third-order valence-electron chi connectivity index (χ3n) is 0. The van der Waals surface area contributed by atoms with Crippen molar-refractivity contribution in [2.75, 3.05) is 0 Å². The van der Waals surface area contributed by atoms with Crippen LogP contribution in [-0.2, 0) is 0 Å². The zero-order valence-corrected chi connectivity index (χ0v) is 5.76. The van der Waals surface area contributed by atoms with Crippen molar-refractivity contribution in [1.82, 2.24) is 0 Å². The van der Waals surface area contributed by atoms with E-state index >= 15 is 0 Å². The summed E-state index contributed by atoms with van der Waals surface area (Å²) in [6.07, 6.45) is 0. The van der Waals surface area contributed by atoms with Crippen molar-refractivity contribution >= 4 is 51.4 Å². The van der Waals surface area contributed by atoms with Crippen LogP contribution in [0.2, 0.25) is 0 Å². The largest absolute Gasteiger partial charge is 0.279 e. The molecule has 0 saturated heterocycles. The van der Waals surface area contributed by atoms with E-state index in [1.54, 1.807) is 0 Å². The fourth-order valence-electron chi connectivity index (χ4n) is 0. The average molecular weight is 104 g/mol. The van der Waals surface area contributed by atoms with Gasteiger partial charge in [0.05, 0.1) is 0 Å². The monoisotopic (exact) mass is 104 g/mol. The van der Waals surface area contributed by atoms with Gasteiger partial charge in [-0.25, -0.2) is 10.1 Å². The first-order chi connectivity index (χ1) is 1.73. The van der Waals surface area contributed by atoms with Crippen molar-refractivity contribution in [3.63, 3.8) is 0 Å². The Bertz CT molecular complexity index is 32.6. The number of nitro groups is 1. The second kappa shape index (κ2) is 4.97. The second-order valence-corrected chi connectivity index (χ2v) is 0.213. The summed E-state index contributed by atoms with van der Waals surface area (Å²) >= 11 is 0. The summed E-state index contributed by atoms with van der Waals surface area (Å²) < 4.78 is 9.72. The Morgan fingerprint density at radius 3 is 1.80 bits per heavy atom. The molecule has 0 aromatic carbocycles. The summed E-state index contributed by atoms with van der Waals surface area (Å²) in [4.78, 5) is 8.14. The van der Waals surface area contributed by atoms with Crippen LogP contribution in [0.3, 0.4) is 0 Å². The molecule has 5 heavy (non-hydrogen) atoms. The molecule has 0 fully saturated rings. The van der Waals surface area contributed by atoms with Crippen molar-refractivity contribution in [2.24, 2.45) is 0 Å². The first-order valence-corrected chi connectivity index (χ1v) is 0.534. The quantitative estimate of drug-likeness (QED) is 0.184. The van der Waals surface area contributed by atoms with Gasteiger partial charge in [-0.1, -0.05) is 0 Å².